The van der Waals surface area contributed by atoms with Crippen LogP contribution in [0.2, 0.25) is 0 Å². The van der Waals surface area contributed by atoms with E-state index in [1.165, 1.54) is 16.2 Å². The summed E-state index contributed by atoms with van der Waals surface area (Å²) in [6.07, 6.45) is 8.50. The molecule has 3 atom stereocenters. The Labute approximate surface area is 267 Å². The number of anilines is 1. The molecule has 3 amide bonds. The molecule has 1 fully saturated rings. The van der Waals surface area contributed by atoms with Gasteiger partial charge in [-0.1, -0.05) is 48.6 Å². The number of carbonyl (C=O) groups is 3. The molecule has 1 aromatic heterocycles. The number of ether oxygens (including phenoxy) is 2. The number of aryl methyl sites for hydroxylation is 1. The van der Waals surface area contributed by atoms with Crippen molar-refractivity contribution >= 4 is 46.5 Å². The van der Waals surface area contributed by atoms with Gasteiger partial charge in [-0.25, -0.2) is 4.79 Å². The highest BCUT2D eigenvalue weighted by atomic mass is 35.5. The minimum Gasteiger partial charge on any atom is -0.457 e. The second-order valence-corrected chi connectivity index (χ2v) is 12.1. The van der Waals surface area contributed by atoms with Gasteiger partial charge in [0.05, 0.1) is 6.61 Å². The van der Waals surface area contributed by atoms with Crippen LogP contribution in [0.3, 0.4) is 0 Å². The molecule has 1 saturated heterocycles. The van der Waals surface area contributed by atoms with Crippen LogP contribution in [0.1, 0.15) is 29.8 Å². The van der Waals surface area contributed by atoms with Crippen molar-refractivity contribution in [3.05, 3.63) is 101 Å². The van der Waals surface area contributed by atoms with Gasteiger partial charge in [0, 0.05) is 42.2 Å². The third-order valence-corrected chi connectivity index (χ3v) is 8.91. The second kappa shape index (κ2) is 14.6. The van der Waals surface area contributed by atoms with E-state index in [0.717, 1.165) is 16.9 Å². The number of rotatable bonds is 9. The zero-order valence-electron chi connectivity index (χ0n) is 24.8. The fourth-order valence-corrected chi connectivity index (χ4v) is 6.43. The maximum Gasteiger partial charge on any atom is 0.410 e. The lowest BCUT2D eigenvalue weighted by molar-refractivity contribution is -0.136. The van der Waals surface area contributed by atoms with Gasteiger partial charge in [-0.2, -0.15) is 0 Å². The van der Waals surface area contributed by atoms with Crippen molar-refractivity contribution in [3.63, 3.8) is 0 Å². The van der Waals surface area contributed by atoms with Crippen LogP contribution in [-0.4, -0.2) is 65.9 Å². The average molecular weight is 634 g/mol. The monoisotopic (exact) mass is 633 g/mol. The number of hydrogen-bond acceptors (Lipinski definition) is 6. The zero-order valence-corrected chi connectivity index (χ0v) is 26.4. The summed E-state index contributed by atoms with van der Waals surface area (Å²) in [5.74, 6) is 0.567. The minimum absolute atomic E-state index is 0.168. The highest BCUT2D eigenvalue weighted by Crippen LogP contribution is 2.36. The Hall–Kier alpha value is -4.08. The van der Waals surface area contributed by atoms with Gasteiger partial charge >= 0.3 is 6.09 Å². The van der Waals surface area contributed by atoms with Crippen molar-refractivity contribution < 1.29 is 23.9 Å². The fraction of sp³-hybridized carbons (Fsp3) is 0.324. The lowest BCUT2D eigenvalue weighted by Crippen LogP contribution is -2.58. The molecule has 5 rings (SSSR count). The lowest BCUT2D eigenvalue weighted by Gasteiger charge is -2.42. The standard InChI is InChI=1S/C34H36ClN3O5S/c1-24-20-28(43-27-12-7-4-8-13-27)15-16-29(24)38(31(39)21-35)32(30-14-9-19-44-30)33(40)36-17-18-37(25(2)22-36)34(41)42-23-26-10-5-3-6-11-26/h3-10,12-16,19-20,25-26,32H,11,17-18,21-23H2,1-2H3/t25-,26?,32?/m1/s1. The SMILES string of the molecule is Cc1cc(Oc2ccccc2)ccc1N(C(=O)CCl)C(C(=O)N1CCN(C(=O)OCC2C=CC=CC2)[C@H](C)C1)c1cccs1. The van der Waals surface area contributed by atoms with Crippen molar-refractivity contribution in [3.8, 4) is 11.5 Å². The molecule has 2 aliphatic rings. The summed E-state index contributed by atoms with van der Waals surface area (Å²) in [7, 11) is 0. The van der Waals surface area contributed by atoms with Crippen molar-refractivity contribution in [2.45, 2.75) is 32.4 Å². The van der Waals surface area contributed by atoms with Crippen LogP contribution in [0.25, 0.3) is 0 Å². The molecule has 230 valence electrons. The average Bonchev–Trinajstić information content (AvgIpc) is 3.58. The van der Waals surface area contributed by atoms with Crippen LogP contribution < -0.4 is 9.64 Å². The van der Waals surface area contributed by atoms with Crippen molar-refractivity contribution in [2.75, 3.05) is 37.0 Å². The van der Waals surface area contributed by atoms with Gasteiger partial charge < -0.3 is 19.3 Å². The van der Waals surface area contributed by atoms with Crippen LogP contribution in [-0.2, 0) is 14.3 Å². The molecule has 10 heteroatoms. The smallest absolute Gasteiger partial charge is 0.410 e. The Bertz CT molecular complexity index is 1510. The number of hydrogen-bond donors (Lipinski definition) is 0. The first kappa shape index (κ1) is 31.3. The Morgan fingerprint density at radius 1 is 1.05 bits per heavy atom. The zero-order chi connectivity index (χ0) is 31.1. The number of piperazine rings is 1. The Kier molecular flexibility index (Phi) is 10.4. The van der Waals surface area contributed by atoms with Crippen molar-refractivity contribution in [1.29, 1.82) is 0 Å². The van der Waals surface area contributed by atoms with E-state index in [0.29, 0.717) is 43.4 Å². The van der Waals surface area contributed by atoms with E-state index >= 15 is 0 Å². The molecule has 0 N–H and O–H groups in total. The van der Waals surface area contributed by atoms with Gasteiger partial charge in [0.2, 0.25) is 5.91 Å². The Balaban J connectivity index is 1.34. The highest BCUT2D eigenvalue weighted by molar-refractivity contribution is 7.10. The van der Waals surface area contributed by atoms with E-state index in [4.69, 9.17) is 21.1 Å². The summed E-state index contributed by atoms with van der Waals surface area (Å²) < 4.78 is 11.6. The van der Waals surface area contributed by atoms with E-state index in [9.17, 15) is 14.4 Å². The third kappa shape index (κ3) is 7.34. The number of thiophene rings is 1. The quantitative estimate of drug-likeness (QED) is 0.238. The number of alkyl halides is 1. The van der Waals surface area contributed by atoms with Gasteiger partial charge in [0.1, 0.15) is 23.4 Å². The van der Waals surface area contributed by atoms with Crippen molar-refractivity contribution in [2.24, 2.45) is 5.92 Å². The van der Waals surface area contributed by atoms with E-state index in [-0.39, 0.29) is 35.7 Å². The van der Waals surface area contributed by atoms with E-state index < -0.39 is 6.04 Å². The van der Waals surface area contributed by atoms with E-state index in [1.807, 2.05) is 86.0 Å². The van der Waals surface area contributed by atoms with Crippen LogP contribution in [0, 0.1) is 12.8 Å². The van der Waals surface area contributed by atoms with E-state index in [1.54, 1.807) is 21.9 Å². The van der Waals surface area contributed by atoms with Gasteiger partial charge in [0.25, 0.3) is 5.91 Å². The molecule has 8 nitrogen and oxygen atoms in total. The predicted octanol–water partition coefficient (Wildman–Crippen LogP) is 6.96. The minimum atomic E-state index is -0.919. The summed E-state index contributed by atoms with van der Waals surface area (Å²) in [5, 5.41) is 1.89. The summed E-state index contributed by atoms with van der Waals surface area (Å²) >= 11 is 7.55. The first-order valence-electron chi connectivity index (χ1n) is 14.7. The first-order chi connectivity index (χ1) is 21.4. The summed E-state index contributed by atoms with van der Waals surface area (Å²) in [6.45, 7) is 5.06. The lowest BCUT2D eigenvalue weighted by atomic mass is 10.0. The van der Waals surface area contributed by atoms with Gasteiger partial charge in [-0.3, -0.25) is 14.5 Å². The molecule has 0 bridgehead atoms. The molecule has 2 unspecified atom stereocenters. The van der Waals surface area contributed by atoms with Gasteiger partial charge in [-0.05, 0) is 67.6 Å². The van der Waals surface area contributed by atoms with Crippen LogP contribution in [0.15, 0.2) is 90.3 Å². The largest absolute Gasteiger partial charge is 0.457 e. The molecule has 0 saturated carbocycles. The molecule has 0 radical (unpaired) electrons. The maximum absolute atomic E-state index is 14.3. The number of nitrogens with zero attached hydrogens (tertiary/aromatic N) is 3. The molecule has 44 heavy (non-hydrogen) atoms. The highest BCUT2D eigenvalue weighted by Gasteiger charge is 2.39. The number of amides is 3. The number of para-hydroxylation sites is 1. The predicted molar refractivity (Wildman–Crippen MR) is 173 cm³/mol. The molecule has 1 aliphatic heterocycles. The Morgan fingerprint density at radius 3 is 2.52 bits per heavy atom. The molecule has 3 aromatic rings. The van der Waals surface area contributed by atoms with Gasteiger partial charge in [-0.15, -0.1) is 22.9 Å². The summed E-state index contributed by atoms with van der Waals surface area (Å²) in [6, 6.07) is 17.4. The molecular formula is C34H36ClN3O5S. The van der Waals surface area contributed by atoms with Crippen LogP contribution in [0.5, 0.6) is 11.5 Å². The van der Waals surface area contributed by atoms with Crippen LogP contribution >= 0.6 is 22.9 Å². The van der Waals surface area contributed by atoms with Crippen LogP contribution in [0.4, 0.5) is 10.5 Å². The first-order valence-corrected chi connectivity index (χ1v) is 16.1. The number of carbonyl (C=O) groups excluding carboxylic acids is 3. The number of benzene rings is 2. The fourth-order valence-electron chi connectivity index (χ4n) is 5.49. The number of allylic oxidation sites excluding steroid dienone is 3. The molecular weight excluding hydrogens is 598 g/mol. The van der Waals surface area contributed by atoms with Gasteiger partial charge in [0.15, 0.2) is 0 Å². The molecule has 2 heterocycles. The molecule has 1 aliphatic carbocycles. The Morgan fingerprint density at radius 2 is 1.86 bits per heavy atom. The second-order valence-electron chi connectivity index (χ2n) is 10.9. The maximum atomic E-state index is 14.3. The topological polar surface area (TPSA) is 79.4 Å². The van der Waals surface area contributed by atoms with Crippen molar-refractivity contribution in [1.82, 2.24) is 9.80 Å². The summed E-state index contributed by atoms with van der Waals surface area (Å²) in [4.78, 5) is 46.4. The number of halogens is 1. The molecule has 0 spiro atoms. The molecule has 2 aromatic carbocycles. The third-order valence-electron chi connectivity index (χ3n) is 7.76. The van der Waals surface area contributed by atoms with E-state index in [2.05, 4.69) is 6.08 Å². The normalized spacial score (nSPS) is 18.5. The summed E-state index contributed by atoms with van der Waals surface area (Å²) in [5.41, 5.74) is 1.33.